The third kappa shape index (κ3) is 4.77. The molecular formula is C20H10ClFN4O6. The summed E-state index contributed by atoms with van der Waals surface area (Å²) in [4.78, 5) is 33.0. The van der Waals surface area contributed by atoms with Crippen molar-refractivity contribution in [2.45, 2.75) is 0 Å². The fraction of sp³-hybridized carbons (Fsp3) is 0. The van der Waals surface area contributed by atoms with E-state index in [4.69, 9.17) is 16.0 Å². The third-order valence-electron chi connectivity index (χ3n) is 4.11. The van der Waals surface area contributed by atoms with Crippen LogP contribution in [0.4, 0.5) is 21.5 Å². The average molecular weight is 457 g/mol. The Hall–Kier alpha value is -4.56. The molecule has 0 aliphatic carbocycles. The van der Waals surface area contributed by atoms with Crippen LogP contribution < -0.4 is 5.32 Å². The molecule has 0 saturated carbocycles. The number of hydrogen-bond donors (Lipinski definition) is 1. The van der Waals surface area contributed by atoms with Gasteiger partial charge in [-0.05, 0) is 30.3 Å². The van der Waals surface area contributed by atoms with E-state index in [9.17, 15) is 34.7 Å². The second-order valence-electron chi connectivity index (χ2n) is 6.17. The molecule has 0 unspecified atom stereocenters. The molecule has 2 aromatic carbocycles. The van der Waals surface area contributed by atoms with E-state index in [2.05, 4.69) is 5.32 Å². The molecule has 0 aliphatic heterocycles. The third-order valence-corrected chi connectivity index (χ3v) is 4.34. The van der Waals surface area contributed by atoms with Crippen molar-refractivity contribution in [2.75, 3.05) is 5.32 Å². The Balaban J connectivity index is 1.89. The highest BCUT2D eigenvalue weighted by Gasteiger charge is 2.20. The monoisotopic (exact) mass is 456 g/mol. The van der Waals surface area contributed by atoms with Crippen molar-refractivity contribution in [1.82, 2.24) is 0 Å². The molecule has 3 rings (SSSR count). The SMILES string of the molecule is N#CC(=Cc1ccc(-c2ccc(Cl)cc2[N+](=O)[O-])o1)C(=O)Nc1cc([N+](=O)[O-])ccc1F. The van der Waals surface area contributed by atoms with Crippen LogP contribution in [0.3, 0.4) is 0 Å². The van der Waals surface area contributed by atoms with Crippen molar-refractivity contribution in [3.63, 3.8) is 0 Å². The molecule has 10 nitrogen and oxygen atoms in total. The minimum absolute atomic E-state index is 0.00969. The lowest BCUT2D eigenvalue weighted by Gasteiger charge is -2.05. The number of amides is 1. The van der Waals surface area contributed by atoms with Gasteiger partial charge < -0.3 is 9.73 Å². The molecule has 0 bridgehead atoms. The number of nitrogens with one attached hydrogen (secondary N) is 1. The number of nitro groups is 2. The maximum atomic E-state index is 13.9. The molecule has 12 heteroatoms. The number of rotatable bonds is 6. The van der Waals surface area contributed by atoms with Gasteiger partial charge in [-0.25, -0.2) is 4.39 Å². The van der Waals surface area contributed by atoms with E-state index in [1.54, 1.807) is 6.07 Å². The van der Waals surface area contributed by atoms with Crippen molar-refractivity contribution in [3.8, 4) is 17.4 Å². The number of nitriles is 1. The molecule has 1 heterocycles. The van der Waals surface area contributed by atoms with Gasteiger partial charge in [0.2, 0.25) is 0 Å². The number of hydrogen-bond acceptors (Lipinski definition) is 7. The number of anilines is 1. The van der Waals surface area contributed by atoms with Crippen LogP contribution in [0.15, 0.2) is 58.5 Å². The van der Waals surface area contributed by atoms with E-state index in [1.165, 1.54) is 24.3 Å². The molecular weight excluding hydrogens is 447 g/mol. The predicted octanol–water partition coefficient (Wildman–Crippen LogP) is 5.10. The molecule has 3 aromatic rings. The van der Waals surface area contributed by atoms with E-state index in [0.29, 0.717) is 0 Å². The number of nitrogens with zero attached hydrogens (tertiary/aromatic N) is 3. The summed E-state index contributed by atoms with van der Waals surface area (Å²) >= 11 is 5.79. The summed E-state index contributed by atoms with van der Waals surface area (Å²) in [7, 11) is 0. The molecule has 160 valence electrons. The van der Waals surface area contributed by atoms with Gasteiger partial charge in [-0.1, -0.05) is 11.6 Å². The minimum atomic E-state index is -1.04. The molecule has 0 saturated heterocycles. The number of halogens is 2. The van der Waals surface area contributed by atoms with Crippen LogP contribution in [0.5, 0.6) is 0 Å². The van der Waals surface area contributed by atoms with Gasteiger partial charge in [0, 0.05) is 29.3 Å². The summed E-state index contributed by atoms with van der Waals surface area (Å²) in [5.41, 5.74) is -1.61. The topological polar surface area (TPSA) is 152 Å². The van der Waals surface area contributed by atoms with Gasteiger partial charge in [0.15, 0.2) is 0 Å². The second kappa shape index (κ2) is 9.07. The molecule has 0 radical (unpaired) electrons. The summed E-state index contributed by atoms with van der Waals surface area (Å²) in [5.74, 6) is -1.88. The van der Waals surface area contributed by atoms with Crippen LogP contribution >= 0.6 is 11.6 Å². The van der Waals surface area contributed by atoms with Crippen molar-refractivity contribution in [3.05, 3.63) is 90.9 Å². The largest absolute Gasteiger partial charge is 0.456 e. The Kier molecular flexibility index (Phi) is 6.27. The summed E-state index contributed by atoms with van der Waals surface area (Å²) < 4.78 is 19.4. The lowest BCUT2D eigenvalue weighted by molar-refractivity contribution is -0.384. The average Bonchev–Trinajstić information content (AvgIpc) is 3.21. The van der Waals surface area contributed by atoms with Crippen molar-refractivity contribution in [2.24, 2.45) is 0 Å². The van der Waals surface area contributed by atoms with Crippen molar-refractivity contribution in [1.29, 1.82) is 5.26 Å². The van der Waals surface area contributed by atoms with E-state index in [-0.39, 0.29) is 27.8 Å². The number of carbonyl (C=O) groups is 1. The maximum absolute atomic E-state index is 13.9. The van der Waals surface area contributed by atoms with E-state index < -0.39 is 38.5 Å². The van der Waals surface area contributed by atoms with Gasteiger partial charge >= 0.3 is 0 Å². The zero-order valence-electron chi connectivity index (χ0n) is 15.7. The molecule has 0 aliphatic rings. The Labute approximate surface area is 183 Å². The zero-order chi connectivity index (χ0) is 23.4. The van der Waals surface area contributed by atoms with Crippen molar-refractivity contribution < 1.29 is 23.4 Å². The lowest BCUT2D eigenvalue weighted by Crippen LogP contribution is -2.14. The van der Waals surface area contributed by atoms with E-state index in [0.717, 1.165) is 30.3 Å². The molecule has 0 fully saturated rings. The summed E-state index contributed by atoms with van der Waals surface area (Å²) in [6.45, 7) is 0. The first kappa shape index (κ1) is 22.1. The zero-order valence-corrected chi connectivity index (χ0v) is 16.5. The summed E-state index contributed by atoms with van der Waals surface area (Å²) in [6.07, 6.45) is 1.04. The smallest absolute Gasteiger partial charge is 0.281 e. The molecule has 0 atom stereocenters. The lowest BCUT2D eigenvalue weighted by atomic mass is 10.1. The molecule has 0 spiro atoms. The van der Waals surface area contributed by atoms with Gasteiger partial charge in [-0.15, -0.1) is 0 Å². The first-order valence-electron chi connectivity index (χ1n) is 8.61. The normalized spacial score (nSPS) is 11.0. The number of nitro benzene ring substituents is 2. The van der Waals surface area contributed by atoms with Crippen LogP contribution in [0.2, 0.25) is 5.02 Å². The fourth-order valence-electron chi connectivity index (χ4n) is 2.64. The highest BCUT2D eigenvalue weighted by molar-refractivity contribution is 6.30. The Morgan fingerprint density at radius 3 is 2.53 bits per heavy atom. The van der Waals surface area contributed by atoms with Gasteiger partial charge in [0.05, 0.1) is 21.1 Å². The van der Waals surface area contributed by atoms with Gasteiger partial charge in [-0.3, -0.25) is 25.0 Å². The van der Waals surface area contributed by atoms with Gasteiger partial charge in [-0.2, -0.15) is 5.26 Å². The second-order valence-corrected chi connectivity index (χ2v) is 6.60. The van der Waals surface area contributed by atoms with Crippen LogP contribution in [0.25, 0.3) is 17.4 Å². The summed E-state index contributed by atoms with van der Waals surface area (Å²) in [6, 6.07) is 10.9. The Bertz CT molecular complexity index is 1330. The number of benzene rings is 2. The van der Waals surface area contributed by atoms with Crippen LogP contribution in [-0.4, -0.2) is 15.8 Å². The van der Waals surface area contributed by atoms with Crippen molar-refractivity contribution >= 4 is 40.6 Å². The highest BCUT2D eigenvalue weighted by atomic mass is 35.5. The maximum Gasteiger partial charge on any atom is 0.281 e. The molecule has 1 aromatic heterocycles. The number of furan rings is 1. The first-order chi connectivity index (χ1) is 15.2. The quantitative estimate of drug-likeness (QED) is 0.234. The van der Waals surface area contributed by atoms with Gasteiger partial charge in [0.1, 0.15) is 29.0 Å². The Morgan fingerprint density at radius 1 is 1.12 bits per heavy atom. The predicted molar refractivity (Wildman–Crippen MR) is 111 cm³/mol. The van der Waals surface area contributed by atoms with Crippen LogP contribution in [0.1, 0.15) is 5.76 Å². The minimum Gasteiger partial charge on any atom is -0.456 e. The molecule has 1 amide bonds. The first-order valence-corrected chi connectivity index (χ1v) is 8.98. The highest BCUT2D eigenvalue weighted by Crippen LogP contribution is 2.33. The van der Waals surface area contributed by atoms with Gasteiger partial charge in [0.25, 0.3) is 17.3 Å². The number of non-ortho nitro benzene ring substituents is 1. The summed E-state index contributed by atoms with van der Waals surface area (Å²) in [5, 5.41) is 33.6. The standard InChI is InChI=1S/C20H10ClFN4O6/c21-12-1-4-15(18(8-12)26(30)31)19-6-3-14(32-19)7-11(10-23)20(27)24-17-9-13(25(28)29)2-5-16(17)22/h1-9H,(H,24,27). The molecule has 1 N–H and O–H groups in total. The Morgan fingerprint density at radius 2 is 1.88 bits per heavy atom. The van der Waals surface area contributed by atoms with E-state index in [1.807, 2.05) is 0 Å². The van der Waals surface area contributed by atoms with Crippen LogP contribution in [-0.2, 0) is 4.79 Å². The van der Waals surface area contributed by atoms with Crippen LogP contribution in [0, 0.1) is 37.4 Å². The van der Waals surface area contributed by atoms with E-state index >= 15 is 0 Å². The fourth-order valence-corrected chi connectivity index (χ4v) is 2.81. The molecule has 32 heavy (non-hydrogen) atoms. The number of carbonyl (C=O) groups excluding carboxylic acids is 1.